The van der Waals surface area contributed by atoms with E-state index in [1.165, 1.54) is 11.3 Å². The van der Waals surface area contributed by atoms with Gasteiger partial charge in [-0.25, -0.2) is 0 Å². The first-order chi connectivity index (χ1) is 7.40. The number of aryl methyl sites for hydroxylation is 1. The third kappa shape index (κ3) is 3.57. The first-order valence-corrected chi connectivity index (χ1v) is 6.19. The van der Waals surface area contributed by atoms with Crippen molar-refractivity contribution in [2.24, 2.45) is 0 Å². The zero-order valence-electron chi connectivity index (χ0n) is 9.79. The Hall–Kier alpha value is -0.940. The second-order valence-electron chi connectivity index (χ2n) is 3.95. The number of aromatic amines is 1. The lowest BCUT2D eigenvalue weighted by Gasteiger charge is -2.16. The van der Waals surface area contributed by atoms with Crippen LogP contribution in [0.3, 0.4) is 0 Å². The zero-order valence-corrected chi connectivity index (χ0v) is 11.4. The van der Waals surface area contributed by atoms with Crippen LogP contribution in [0.5, 0.6) is 0 Å². The summed E-state index contributed by atoms with van der Waals surface area (Å²) in [5.74, 6) is 0.0938. The maximum absolute atomic E-state index is 11.9. The van der Waals surface area contributed by atoms with E-state index in [0.717, 1.165) is 20.1 Å². The molecule has 0 spiro atoms. The van der Waals surface area contributed by atoms with Gasteiger partial charge in [0.2, 0.25) is 5.91 Å². The van der Waals surface area contributed by atoms with Gasteiger partial charge in [-0.3, -0.25) is 4.79 Å². The quantitative estimate of drug-likeness (QED) is 0.664. The Morgan fingerprint density at radius 2 is 2.25 bits per heavy atom. The largest absolute Gasteiger partial charge is 0.341 e. The molecular weight excluding hydrogens is 240 g/mol. The Kier molecular flexibility index (Phi) is 4.44. The van der Waals surface area contributed by atoms with Crippen molar-refractivity contribution in [1.29, 1.82) is 0 Å². The third-order valence-electron chi connectivity index (χ3n) is 2.17. The summed E-state index contributed by atoms with van der Waals surface area (Å²) in [4.78, 5) is 17.6. The molecule has 1 rings (SSSR count). The molecular formula is C11H16N2OS2. The summed E-state index contributed by atoms with van der Waals surface area (Å²) in [6, 6.07) is 0. The number of hydrogen-bond acceptors (Lipinski definition) is 3. The number of hydrogen-bond donors (Lipinski definition) is 1. The molecule has 0 atom stereocenters. The predicted molar refractivity (Wildman–Crippen MR) is 70.4 cm³/mol. The molecule has 16 heavy (non-hydrogen) atoms. The molecule has 0 aliphatic heterocycles. The normalized spacial score (nSPS) is 10.2. The van der Waals surface area contributed by atoms with E-state index in [4.69, 9.17) is 12.2 Å². The van der Waals surface area contributed by atoms with Crippen LogP contribution in [-0.4, -0.2) is 29.4 Å². The molecule has 88 valence electrons. The van der Waals surface area contributed by atoms with Crippen LogP contribution < -0.4 is 0 Å². The predicted octanol–water partition coefficient (Wildman–Crippen LogP) is 2.69. The van der Waals surface area contributed by atoms with Crippen molar-refractivity contribution in [1.82, 2.24) is 9.88 Å². The van der Waals surface area contributed by atoms with E-state index >= 15 is 0 Å². The Morgan fingerprint density at radius 1 is 1.62 bits per heavy atom. The molecule has 0 aromatic carbocycles. The lowest BCUT2D eigenvalue weighted by Crippen LogP contribution is -2.29. The van der Waals surface area contributed by atoms with Crippen LogP contribution in [0.2, 0.25) is 0 Å². The third-order valence-corrected chi connectivity index (χ3v) is 3.50. The van der Waals surface area contributed by atoms with Gasteiger partial charge in [-0.05, 0) is 26.1 Å². The molecule has 0 radical (unpaired) electrons. The van der Waals surface area contributed by atoms with Crippen LogP contribution in [-0.2, 0) is 11.2 Å². The van der Waals surface area contributed by atoms with Gasteiger partial charge in [0.1, 0.15) is 0 Å². The second kappa shape index (κ2) is 5.41. The van der Waals surface area contributed by atoms with Gasteiger partial charge in [0.25, 0.3) is 0 Å². The van der Waals surface area contributed by atoms with E-state index in [1.807, 2.05) is 13.8 Å². The van der Waals surface area contributed by atoms with Crippen molar-refractivity contribution in [2.45, 2.75) is 20.3 Å². The maximum atomic E-state index is 11.9. The number of H-pyrrole nitrogens is 1. The van der Waals surface area contributed by atoms with Crippen molar-refractivity contribution in [3.05, 3.63) is 26.7 Å². The SMILES string of the molecule is C=C(C)CN(C)C(=O)Cc1sc(=S)[nH]c1C. The smallest absolute Gasteiger partial charge is 0.227 e. The average molecular weight is 256 g/mol. The Balaban J connectivity index is 2.67. The minimum Gasteiger partial charge on any atom is -0.341 e. The van der Waals surface area contributed by atoms with Crippen LogP contribution in [0.15, 0.2) is 12.2 Å². The van der Waals surface area contributed by atoms with E-state index in [2.05, 4.69) is 11.6 Å². The summed E-state index contributed by atoms with van der Waals surface area (Å²) in [5.41, 5.74) is 1.97. The lowest BCUT2D eigenvalue weighted by molar-refractivity contribution is -0.128. The number of thiazole rings is 1. The molecule has 0 fully saturated rings. The van der Waals surface area contributed by atoms with Crippen LogP contribution in [0, 0.1) is 10.9 Å². The fourth-order valence-electron chi connectivity index (χ4n) is 1.37. The van der Waals surface area contributed by atoms with Gasteiger partial charge in [-0.2, -0.15) is 0 Å². The van der Waals surface area contributed by atoms with Crippen LogP contribution in [0.25, 0.3) is 0 Å². The molecule has 0 saturated heterocycles. The Bertz CT molecular complexity index is 459. The molecule has 0 aliphatic carbocycles. The number of rotatable bonds is 4. The molecule has 0 unspecified atom stereocenters. The first kappa shape index (κ1) is 13.1. The summed E-state index contributed by atoms with van der Waals surface area (Å²) in [5, 5.41) is 0. The van der Waals surface area contributed by atoms with E-state index in [1.54, 1.807) is 11.9 Å². The van der Waals surface area contributed by atoms with Crippen molar-refractivity contribution in [2.75, 3.05) is 13.6 Å². The summed E-state index contributed by atoms with van der Waals surface area (Å²) in [6.45, 7) is 8.25. The molecule has 1 N–H and O–H groups in total. The fourth-order valence-corrected chi connectivity index (χ4v) is 2.65. The number of nitrogens with one attached hydrogen (secondary N) is 1. The van der Waals surface area contributed by atoms with Crippen molar-refractivity contribution in [3.8, 4) is 0 Å². The van der Waals surface area contributed by atoms with Gasteiger partial charge in [0, 0.05) is 24.2 Å². The van der Waals surface area contributed by atoms with E-state index in [-0.39, 0.29) is 5.91 Å². The van der Waals surface area contributed by atoms with E-state index in [0.29, 0.717) is 13.0 Å². The molecule has 1 heterocycles. The topological polar surface area (TPSA) is 36.1 Å². The van der Waals surface area contributed by atoms with Gasteiger partial charge >= 0.3 is 0 Å². The number of aromatic nitrogens is 1. The molecule has 1 amide bonds. The molecule has 1 aromatic rings. The molecule has 0 saturated carbocycles. The van der Waals surface area contributed by atoms with Crippen LogP contribution in [0.4, 0.5) is 0 Å². The maximum Gasteiger partial charge on any atom is 0.227 e. The fraction of sp³-hybridized carbons (Fsp3) is 0.455. The van der Waals surface area contributed by atoms with Crippen LogP contribution in [0.1, 0.15) is 17.5 Å². The molecule has 1 aromatic heterocycles. The summed E-state index contributed by atoms with van der Waals surface area (Å²) >= 11 is 6.50. The summed E-state index contributed by atoms with van der Waals surface area (Å²) in [6.07, 6.45) is 0.410. The number of carbonyl (C=O) groups excluding carboxylic acids is 1. The standard InChI is InChI=1S/C11H16N2OS2/c1-7(2)6-13(4)10(14)5-9-8(3)12-11(15)16-9/h1,5-6H2,2-4H3,(H,12,15). The average Bonchev–Trinajstić information content (AvgIpc) is 2.43. The van der Waals surface area contributed by atoms with Gasteiger partial charge < -0.3 is 9.88 Å². The molecule has 3 nitrogen and oxygen atoms in total. The van der Waals surface area contributed by atoms with Gasteiger partial charge in [-0.15, -0.1) is 11.3 Å². The monoisotopic (exact) mass is 256 g/mol. The highest BCUT2D eigenvalue weighted by Gasteiger charge is 2.12. The van der Waals surface area contributed by atoms with Crippen LogP contribution >= 0.6 is 23.6 Å². The summed E-state index contributed by atoms with van der Waals surface area (Å²) < 4.78 is 0.725. The molecule has 0 aliphatic rings. The van der Waals surface area contributed by atoms with Crippen molar-refractivity contribution in [3.63, 3.8) is 0 Å². The molecule has 0 bridgehead atoms. The first-order valence-electron chi connectivity index (χ1n) is 4.97. The highest BCUT2D eigenvalue weighted by Crippen LogP contribution is 2.15. The summed E-state index contributed by atoms with van der Waals surface area (Å²) in [7, 11) is 1.79. The number of likely N-dealkylation sites (N-methyl/N-ethyl adjacent to an activating group) is 1. The van der Waals surface area contributed by atoms with E-state index < -0.39 is 0 Å². The Morgan fingerprint density at radius 3 is 2.69 bits per heavy atom. The van der Waals surface area contributed by atoms with Gasteiger partial charge in [0.05, 0.1) is 6.42 Å². The Labute approximate surface area is 105 Å². The van der Waals surface area contributed by atoms with Gasteiger partial charge in [0.15, 0.2) is 3.95 Å². The minimum atomic E-state index is 0.0938. The van der Waals surface area contributed by atoms with E-state index in [9.17, 15) is 4.79 Å². The van der Waals surface area contributed by atoms with Gasteiger partial charge in [-0.1, -0.05) is 12.2 Å². The van der Waals surface area contributed by atoms with Crippen molar-refractivity contribution >= 4 is 29.5 Å². The van der Waals surface area contributed by atoms with Crippen molar-refractivity contribution < 1.29 is 4.79 Å². The number of nitrogens with zero attached hydrogens (tertiary/aromatic N) is 1. The lowest BCUT2D eigenvalue weighted by atomic mass is 10.2. The minimum absolute atomic E-state index is 0.0938. The number of amides is 1. The zero-order chi connectivity index (χ0) is 12.3. The molecule has 5 heteroatoms. The highest BCUT2D eigenvalue weighted by atomic mass is 32.1. The number of carbonyl (C=O) groups is 1. The second-order valence-corrected chi connectivity index (χ2v) is 5.72. The highest BCUT2D eigenvalue weighted by molar-refractivity contribution is 7.73.